The first-order chi connectivity index (χ1) is 12.0. The highest BCUT2D eigenvalue weighted by molar-refractivity contribution is 5.84. The minimum absolute atomic E-state index is 0.104. The van der Waals surface area contributed by atoms with Crippen LogP contribution in [0.25, 0.3) is 0 Å². The number of carbonyl (C=O) groups is 1. The Morgan fingerprint density at radius 1 is 1.16 bits per heavy atom. The van der Waals surface area contributed by atoms with Gasteiger partial charge in [0.2, 0.25) is 5.91 Å². The van der Waals surface area contributed by atoms with Crippen molar-refractivity contribution in [1.29, 1.82) is 0 Å². The molecule has 2 rings (SSSR count). The predicted octanol–water partition coefficient (Wildman–Crippen LogP) is 3.15. The molecule has 4 nitrogen and oxygen atoms in total. The van der Waals surface area contributed by atoms with Crippen molar-refractivity contribution in [3.8, 4) is 0 Å². The number of hydrogen-bond acceptors (Lipinski definition) is 3. The van der Waals surface area contributed by atoms with E-state index in [1.807, 2.05) is 18.2 Å². The highest BCUT2D eigenvalue weighted by Gasteiger charge is 2.30. The van der Waals surface area contributed by atoms with Crippen LogP contribution in [0.3, 0.4) is 0 Å². The molecule has 1 aliphatic rings. The molecule has 0 bridgehead atoms. The van der Waals surface area contributed by atoms with Crippen molar-refractivity contribution in [2.24, 2.45) is 0 Å². The molecule has 0 radical (unpaired) electrons. The Hall–Kier alpha value is -1.39. The molecule has 1 amide bonds. The second kappa shape index (κ2) is 9.93. The van der Waals surface area contributed by atoms with Crippen LogP contribution in [0.15, 0.2) is 30.3 Å². The van der Waals surface area contributed by atoms with E-state index >= 15 is 0 Å². The van der Waals surface area contributed by atoms with Gasteiger partial charge >= 0.3 is 0 Å². The standard InChI is InChI=1S/C21H35N3O/c1-16(2)24(17(3)4)15-14-23-21(25)20(18-10-6-5-7-11-18)19-12-8-9-13-22-19/h5-7,10-11,16-17,19-20,22H,8-9,12-15H2,1-4H3,(H,23,25)/t19-,20?/m0/s1. The summed E-state index contributed by atoms with van der Waals surface area (Å²) in [5, 5.41) is 6.76. The number of piperidine rings is 1. The van der Waals surface area contributed by atoms with Crippen LogP contribution >= 0.6 is 0 Å². The second-order valence-corrected chi connectivity index (χ2v) is 7.66. The maximum absolute atomic E-state index is 13.0. The number of nitrogens with one attached hydrogen (secondary N) is 2. The molecule has 4 heteroatoms. The van der Waals surface area contributed by atoms with Gasteiger partial charge in [0.25, 0.3) is 0 Å². The van der Waals surface area contributed by atoms with Crippen molar-refractivity contribution in [1.82, 2.24) is 15.5 Å². The van der Waals surface area contributed by atoms with E-state index in [0.29, 0.717) is 18.6 Å². The molecule has 0 spiro atoms. The van der Waals surface area contributed by atoms with Gasteiger partial charge in [0.05, 0.1) is 5.92 Å². The maximum atomic E-state index is 13.0. The largest absolute Gasteiger partial charge is 0.354 e. The van der Waals surface area contributed by atoms with E-state index < -0.39 is 0 Å². The average Bonchev–Trinajstić information content (AvgIpc) is 2.60. The molecule has 0 saturated carbocycles. The fraction of sp³-hybridized carbons (Fsp3) is 0.667. The quantitative estimate of drug-likeness (QED) is 0.761. The van der Waals surface area contributed by atoms with Gasteiger partial charge in [-0.15, -0.1) is 0 Å². The zero-order chi connectivity index (χ0) is 18.2. The van der Waals surface area contributed by atoms with E-state index in [0.717, 1.165) is 25.1 Å². The fourth-order valence-electron chi connectivity index (χ4n) is 3.92. The molecule has 0 aromatic heterocycles. The average molecular weight is 346 g/mol. The van der Waals surface area contributed by atoms with Gasteiger partial charge in [-0.05, 0) is 52.6 Å². The predicted molar refractivity (Wildman–Crippen MR) is 105 cm³/mol. The Labute approximate surface area is 153 Å². The summed E-state index contributed by atoms with van der Waals surface area (Å²) in [6.45, 7) is 11.4. The summed E-state index contributed by atoms with van der Waals surface area (Å²) < 4.78 is 0. The number of hydrogen-bond donors (Lipinski definition) is 2. The van der Waals surface area contributed by atoms with E-state index in [4.69, 9.17) is 0 Å². The van der Waals surface area contributed by atoms with Crippen LogP contribution in [0.4, 0.5) is 0 Å². The molecule has 1 heterocycles. The molecule has 2 N–H and O–H groups in total. The fourth-order valence-corrected chi connectivity index (χ4v) is 3.92. The third-order valence-corrected chi connectivity index (χ3v) is 5.19. The van der Waals surface area contributed by atoms with Crippen LogP contribution in [0, 0.1) is 0 Å². The van der Waals surface area contributed by atoms with E-state index in [9.17, 15) is 4.79 Å². The summed E-state index contributed by atoms with van der Waals surface area (Å²) in [6, 6.07) is 11.4. The lowest BCUT2D eigenvalue weighted by molar-refractivity contribution is -0.123. The van der Waals surface area contributed by atoms with Crippen molar-refractivity contribution in [2.45, 2.75) is 71.0 Å². The number of benzene rings is 1. The molecule has 2 atom stereocenters. The molecule has 0 aliphatic carbocycles. The zero-order valence-corrected chi connectivity index (χ0v) is 16.3. The first kappa shape index (κ1) is 19.9. The van der Waals surface area contributed by atoms with Gasteiger partial charge in [0, 0.05) is 31.2 Å². The van der Waals surface area contributed by atoms with E-state index in [2.05, 4.69) is 55.4 Å². The van der Waals surface area contributed by atoms with Gasteiger partial charge in [-0.25, -0.2) is 0 Å². The molecule has 1 aliphatic heterocycles. The molecule has 1 aromatic rings. The highest BCUT2D eigenvalue weighted by Crippen LogP contribution is 2.25. The van der Waals surface area contributed by atoms with Crippen molar-refractivity contribution >= 4 is 5.91 Å². The summed E-state index contributed by atoms with van der Waals surface area (Å²) in [7, 11) is 0. The third kappa shape index (κ3) is 5.82. The van der Waals surface area contributed by atoms with Crippen LogP contribution < -0.4 is 10.6 Å². The Bertz CT molecular complexity index is 501. The first-order valence-corrected chi connectivity index (χ1v) is 9.82. The zero-order valence-electron chi connectivity index (χ0n) is 16.3. The van der Waals surface area contributed by atoms with Crippen molar-refractivity contribution < 1.29 is 4.79 Å². The highest BCUT2D eigenvalue weighted by atomic mass is 16.1. The lowest BCUT2D eigenvalue weighted by Crippen LogP contribution is -2.47. The smallest absolute Gasteiger partial charge is 0.229 e. The summed E-state index contributed by atoms with van der Waals surface area (Å²) in [6.07, 6.45) is 3.47. The molecule has 140 valence electrons. The van der Waals surface area contributed by atoms with Crippen molar-refractivity contribution in [2.75, 3.05) is 19.6 Å². The summed E-state index contributed by atoms with van der Waals surface area (Å²) in [4.78, 5) is 15.4. The number of nitrogens with zero attached hydrogens (tertiary/aromatic N) is 1. The van der Waals surface area contributed by atoms with Crippen LogP contribution in [-0.4, -0.2) is 48.6 Å². The van der Waals surface area contributed by atoms with Gasteiger partial charge in [0.1, 0.15) is 0 Å². The van der Waals surface area contributed by atoms with Crippen molar-refractivity contribution in [3.63, 3.8) is 0 Å². The van der Waals surface area contributed by atoms with Crippen LogP contribution in [0.5, 0.6) is 0 Å². The Morgan fingerprint density at radius 3 is 2.40 bits per heavy atom. The molecular weight excluding hydrogens is 310 g/mol. The third-order valence-electron chi connectivity index (χ3n) is 5.19. The number of rotatable bonds is 8. The lowest BCUT2D eigenvalue weighted by atomic mass is 9.86. The molecular formula is C21H35N3O. The molecule has 1 unspecified atom stereocenters. The lowest BCUT2D eigenvalue weighted by Gasteiger charge is -2.32. The Balaban J connectivity index is 2.00. The molecule has 1 saturated heterocycles. The first-order valence-electron chi connectivity index (χ1n) is 9.82. The number of amides is 1. The molecule has 1 aromatic carbocycles. The van der Waals surface area contributed by atoms with Crippen LogP contribution in [0.2, 0.25) is 0 Å². The van der Waals surface area contributed by atoms with Gasteiger partial charge in [-0.2, -0.15) is 0 Å². The van der Waals surface area contributed by atoms with Crippen LogP contribution in [-0.2, 0) is 4.79 Å². The van der Waals surface area contributed by atoms with E-state index in [1.54, 1.807) is 0 Å². The van der Waals surface area contributed by atoms with Gasteiger partial charge in [-0.1, -0.05) is 36.8 Å². The molecule has 1 fully saturated rings. The Kier molecular flexibility index (Phi) is 7.91. The second-order valence-electron chi connectivity index (χ2n) is 7.66. The normalized spacial score (nSPS) is 19.4. The van der Waals surface area contributed by atoms with E-state index in [-0.39, 0.29) is 17.9 Å². The topological polar surface area (TPSA) is 44.4 Å². The van der Waals surface area contributed by atoms with Gasteiger partial charge < -0.3 is 10.6 Å². The minimum atomic E-state index is -0.104. The summed E-state index contributed by atoms with van der Waals surface area (Å²) in [5.41, 5.74) is 1.11. The van der Waals surface area contributed by atoms with E-state index in [1.165, 1.54) is 12.8 Å². The van der Waals surface area contributed by atoms with Crippen molar-refractivity contribution in [3.05, 3.63) is 35.9 Å². The summed E-state index contributed by atoms with van der Waals surface area (Å²) >= 11 is 0. The number of carbonyl (C=O) groups excluding carboxylic acids is 1. The summed E-state index contributed by atoms with van der Waals surface area (Å²) in [5.74, 6) is 0.0473. The van der Waals surface area contributed by atoms with Crippen LogP contribution in [0.1, 0.15) is 58.4 Å². The maximum Gasteiger partial charge on any atom is 0.229 e. The minimum Gasteiger partial charge on any atom is -0.354 e. The Morgan fingerprint density at radius 2 is 1.84 bits per heavy atom. The SMILES string of the molecule is CC(C)N(CCNC(=O)C(c1ccccc1)[C@@H]1CCCCN1)C(C)C. The van der Waals surface area contributed by atoms with Gasteiger partial charge in [-0.3, -0.25) is 9.69 Å². The van der Waals surface area contributed by atoms with Gasteiger partial charge in [0.15, 0.2) is 0 Å². The monoisotopic (exact) mass is 345 g/mol. The molecule has 25 heavy (non-hydrogen) atoms.